The molecule has 340 valence electrons. The number of aromatic nitrogens is 1. The van der Waals surface area contributed by atoms with E-state index in [1.54, 1.807) is 12.1 Å². The summed E-state index contributed by atoms with van der Waals surface area (Å²) >= 11 is 0. The molecule has 0 unspecified atom stereocenters. The number of pyridine rings is 1. The highest BCUT2D eigenvalue weighted by molar-refractivity contribution is 7.90. The van der Waals surface area contributed by atoms with Crippen LogP contribution >= 0.6 is 0 Å². The molecule has 4 aromatic rings. The number of sulfonamides is 1. The van der Waals surface area contributed by atoms with Gasteiger partial charge in [-0.05, 0) is 136 Å². The molecule has 3 aliphatic heterocycles. The lowest BCUT2D eigenvalue weighted by Crippen LogP contribution is -2.59. The Hall–Kier alpha value is -5.29. The number of benzene rings is 3. The van der Waals surface area contributed by atoms with Crippen LogP contribution in [0.2, 0.25) is 0 Å². The molecular formula is C48H59N7O8S. The van der Waals surface area contributed by atoms with E-state index in [-0.39, 0.29) is 22.1 Å². The number of anilines is 2. The highest BCUT2D eigenvalue weighted by Gasteiger charge is 2.50. The van der Waals surface area contributed by atoms with Crippen LogP contribution in [0.4, 0.5) is 17.1 Å². The first-order valence-electron chi connectivity index (χ1n) is 22.7. The predicted octanol–water partition coefficient (Wildman–Crippen LogP) is 6.85. The molecule has 15 nitrogen and oxygen atoms in total. The van der Waals surface area contributed by atoms with Crippen LogP contribution in [-0.4, -0.2) is 103 Å². The summed E-state index contributed by atoms with van der Waals surface area (Å²) in [5.74, 6) is 0.720. The Morgan fingerprint density at radius 1 is 0.953 bits per heavy atom. The molecule has 1 aromatic heterocycles. The van der Waals surface area contributed by atoms with Crippen molar-refractivity contribution < 1.29 is 32.7 Å². The number of carbonyl (C=O) groups excluding carboxylic acids is 1. The van der Waals surface area contributed by atoms with Crippen molar-refractivity contribution in [3.05, 3.63) is 111 Å². The normalized spacial score (nSPS) is 23.9. The van der Waals surface area contributed by atoms with Gasteiger partial charge in [0.25, 0.3) is 27.5 Å². The molecule has 2 saturated carbocycles. The first-order valence-corrected chi connectivity index (χ1v) is 24.2. The van der Waals surface area contributed by atoms with Gasteiger partial charge in [-0.25, -0.2) is 18.1 Å². The van der Waals surface area contributed by atoms with E-state index in [9.17, 15) is 28.4 Å². The van der Waals surface area contributed by atoms with E-state index < -0.39 is 32.1 Å². The maximum absolute atomic E-state index is 13.3. The Kier molecular flexibility index (Phi) is 12.3. The number of amides is 1. The van der Waals surface area contributed by atoms with Gasteiger partial charge >= 0.3 is 0 Å². The third kappa shape index (κ3) is 9.56. The lowest BCUT2D eigenvalue weighted by Gasteiger charge is -2.58. The Morgan fingerprint density at radius 2 is 1.69 bits per heavy atom. The maximum Gasteiger partial charge on any atom is 0.293 e. The van der Waals surface area contributed by atoms with Gasteiger partial charge in [-0.15, -0.1) is 0 Å². The number of carbonyl (C=O) groups is 1. The number of piperidine rings is 1. The van der Waals surface area contributed by atoms with E-state index in [0.29, 0.717) is 56.0 Å². The monoisotopic (exact) mass is 893 g/mol. The Balaban J connectivity index is 0.778. The van der Waals surface area contributed by atoms with Gasteiger partial charge < -0.3 is 24.8 Å². The quantitative estimate of drug-likeness (QED) is 0.0995. The smallest absolute Gasteiger partial charge is 0.293 e. The molecule has 4 heterocycles. The molecule has 1 spiro atoms. The standard InChI is InChI=1S/C48H59N7O8S/c1-33-5-3-4-6-40(33)43-32-52(31-35-25-44-46(50-30-35)63-24-23-62-44)21-22-54(43)38-27-48(28-38)17-19-53(20-18-48)37-9-7-36(8-10-37)45(56)51-64(60,61)39-11-12-41(42(26-39)55(58)59)49-29-34-13-15-47(2,57)16-14-34/h3-12,25-26,30,34,38,43,49,57H,13-24,27-29,31-32H2,1-2H3,(H,51,56)/t34?,43-,47?/m0/s1. The molecule has 64 heavy (non-hydrogen) atoms. The second-order valence-electron chi connectivity index (χ2n) is 19.0. The number of hydrogen-bond donors (Lipinski definition) is 3. The predicted molar refractivity (Wildman–Crippen MR) is 243 cm³/mol. The fourth-order valence-electron chi connectivity index (χ4n) is 10.6. The molecule has 0 bridgehead atoms. The van der Waals surface area contributed by atoms with E-state index in [1.165, 1.54) is 36.1 Å². The first-order chi connectivity index (χ1) is 30.7. The summed E-state index contributed by atoms with van der Waals surface area (Å²) in [7, 11) is -4.41. The van der Waals surface area contributed by atoms with Crippen molar-refractivity contribution in [3.8, 4) is 11.6 Å². The van der Waals surface area contributed by atoms with Crippen LogP contribution in [0.25, 0.3) is 0 Å². The molecule has 1 atom stereocenters. The second kappa shape index (κ2) is 17.9. The summed E-state index contributed by atoms with van der Waals surface area (Å²) in [5, 5.41) is 25.3. The third-order valence-electron chi connectivity index (χ3n) is 14.5. The number of nitro groups is 1. The summed E-state index contributed by atoms with van der Waals surface area (Å²) < 4.78 is 40.2. The van der Waals surface area contributed by atoms with Crippen LogP contribution in [0, 0.1) is 28.4 Å². The van der Waals surface area contributed by atoms with Gasteiger partial charge in [0, 0.05) is 81.4 Å². The molecule has 9 rings (SSSR count). The number of aliphatic hydroxyl groups is 1. The van der Waals surface area contributed by atoms with Crippen molar-refractivity contribution in [1.82, 2.24) is 19.5 Å². The number of hydrogen-bond acceptors (Lipinski definition) is 13. The second-order valence-corrected chi connectivity index (χ2v) is 20.7. The van der Waals surface area contributed by atoms with Gasteiger partial charge in [0.05, 0.1) is 15.4 Å². The van der Waals surface area contributed by atoms with Crippen LogP contribution in [0.15, 0.2) is 83.9 Å². The van der Waals surface area contributed by atoms with Crippen LogP contribution in [0.5, 0.6) is 11.6 Å². The van der Waals surface area contributed by atoms with Gasteiger partial charge in [0.15, 0.2) is 5.75 Å². The van der Waals surface area contributed by atoms with E-state index >= 15 is 0 Å². The van der Waals surface area contributed by atoms with Crippen LogP contribution in [0.1, 0.15) is 91.4 Å². The minimum absolute atomic E-state index is 0.174. The van der Waals surface area contributed by atoms with Crippen molar-refractivity contribution >= 4 is 33.0 Å². The van der Waals surface area contributed by atoms with Gasteiger partial charge in [-0.1, -0.05) is 24.3 Å². The largest absolute Gasteiger partial charge is 0.484 e. The van der Waals surface area contributed by atoms with Crippen LogP contribution in [0.3, 0.4) is 0 Å². The van der Waals surface area contributed by atoms with Crippen molar-refractivity contribution in [1.29, 1.82) is 0 Å². The van der Waals surface area contributed by atoms with E-state index in [2.05, 4.69) is 67.0 Å². The van der Waals surface area contributed by atoms with Crippen LogP contribution in [-0.2, 0) is 16.6 Å². The van der Waals surface area contributed by atoms with Crippen molar-refractivity contribution in [3.63, 3.8) is 0 Å². The SMILES string of the molecule is Cc1ccccc1[C@@H]1CN(Cc2cnc3c(c2)OCCO3)CCN1C1CC2(CCN(c3ccc(C(=O)NS(=O)(=O)c4ccc(NCC5CCC(C)(O)CC5)c([N+](=O)[O-])c4)cc3)CC2)C1. The maximum atomic E-state index is 13.3. The average molecular weight is 894 g/mol. The van der Waals surface area contributed by atoms with Gasteiger partial charge in [-0.3, -0.25) is 24.7 Å². The molecule has 4 fully saturated rings. The Bertz CT molecular complexity index is 2460. The topological polar surface area (TPSA) is 180 Å². The molecule has 5 aliphatic rings. The lowest BCUT2D eigenvalue weighted by molar-refractivity contribution is -0.384. The third-order valence-corrected chi connectivity index (χ3v) is 15.8. The number of nitrogens with one attached hydrogen (secondary N) is 2. The molecule has 1 amide bonds. The average Bonchev–Trinajstić information content (AvgIpc) is 3.28. The summed E-state index contributed by atoms with van der Waals surface area (Å²) in [6, 6.07) is 22.2. The number of aryl methyl sites for hydroxylation is 1. The molecule has 16 heteroatoms. The molecule has 3 aromatic carbocycles. The fraction of sp³-hybridized carbons (Fsp3) is 0.500. The summed E-state index contributed by atoms with van der Waals surface area (Å²) in [6.45, 7) is 11.1. The van der Waals surface area contributed by atoms with Crippen molar-refractivity contribution in [2.24, 2.45) is 11.3 Å². The zero-order chi connectivity index (χ0) is 44.6. The van der Waals surface area contributed by atoms with Gasteiger partial charge in [0.1, 0.15) is 18.9 Å². The minimum Gasteiger partial charge on any atom is -0.484 e. The molecule has 3 N–H and O–H groups in total. The highest BCUT2D eigenvalue weighted by Crippen LogP contribution is 2.53. The minimum atomic E-state index is -4.41. The van der Waals surface area contributed by atoms with E-state index in [4.69, 9.17) is 9.47 Å². The number of rotatable bonds is 12. The molecule has 2 saturated heterocycles. The zero-order valence-corrected chi connectivity index (χ0v) is 37.5. The number of nitro benzene ring substituents is 1. The lowest BCUT2D eigenvalue weighted by atomic mass is 9.59. The van der Waals surface area contributed by atoms with E-state index in [1.807, 2.05) is 25.3 Å². The number of ether oxygens (including phenoxy) is 2. The molecule has 2 aliphatic carbocycles. The highest BCUT2D eigenvalue weighted by atomic mass is 32.2. The van der Waals surface area contributed by atoms with E-state index in [0.717, 1.165) is 88.0 Å². The molecule has 0 radical (unpaired) electrons. The summed E-state index contributed by atoms with van der Waals surface area (Å²) in [5.41, 5.74) is 4.43. The summed E-state index contributed by atoms with van der Waals surface area (Å²) in [4.78, 5) is 36.4. The van der Waals surface area contributed by atoms with Crippen LogP contribution < -0.4 is 24.4 Å². The Labute approximate surface area is 375 Å². The number of nitrogens with zero attached hydrogens (tertiary/aromatic N) is 5. The Morgan fingerprint density at radius 3 is 2.42 bits per heavy atom. The number of piperazine rings is 1. The molecular weight excluding hydrogens is 835 g/mol. The van der Waals surface area contributed by atoms with Gasteiger partial charge in [-0.2, -0.15) is 0 Å². The van der Waals surface area contributed by atoms with Crippen molar-refractivity contribution in [2.75, 3.05) is 62.7 Å². The van der Waals surface area contributed by atoms with Crippen molar-refractivity contribution in [2.45, 2.75) is 94.3 Å². The van der Waals surface area contributed by atoms with Gasteiger partial charge in [0.2, 0.25) is 0 Å². The zero-order valence-electron chi connectivity index (χ0n) is 36.7. The first kappa shape index (κ1) is 43.9. The fourth-order valence-corrected chi connectivity index (χ4v) is 11.6. The summed E-state index contributed by atoms with van der Waals surface area (Å²) in [6.07, 6.45) is 9.31. The number of fused-ring (bicyclic) bond motifs is 1.